The molecule has 0 bridgehead atoms. The minimum absolute atomic E-state index is 0.221. The third kappa shape index (κ3) is 5.46. The molecule has 6 nitrogen and oxygen atoms in total. The normalized spacial score (nSPS) is 22.6. The van der Waals surface area contributed by atoms with Crippen molar-refractivity contribution in [1.29, 1.82) is 0 Å². The van der Waals surface area contributed by atoms with E-state index in [1.165, 1.54) is 19.3 Å². The predicted molar refractivity (Wildman–Crippen MR) is 77.5 cm³/mol. The fourth-order valence-electron chi connectivity index (χ4n) is 2.52. The second-order valence-corrected chi connectivity index (χ2v) is 5.77. The van der Waals surface area contributed by atoms with Crippen LogP contribution in [0.3, 0.4) is 0 Å². The highest BCUT2D eigenvalue weighted by Gasteiger charge is 2.24. The van der Waals surface area contributed by atoms with Gasteiger partial charge in [0.25, 0.3) is 0 Å². The van der Waals surface area contributed by atoms with Crippen LogP contribution in [0.5, 0.6) is 0 Å². The first kappa shape index (κ1) is 15.3. The van der Waals surface area contributed by atoms with Crippen molar-refractivity contribution in [2.45, 2.75) is 51.1 Å². The Bertz CT molecular complexity index is 338. The molecule has 3 N–H and O–H groups in total. The van der Waals surface area contributed by atoms with Crippen LogP contribution in [0.15, 0.2) is 0 Å². The van der Waals surface area contributed by atoms with Crippen molar-refractivity contribution in [2.24, 2.45) is 0 Å². The minimum Gasteiger partial charge on any atom is -0.335 e. The van der Waals surface area contributed by atoms with Crippen LogP contribution in [0, 0.1) is 0 Å². The lowest BCUT2D eigenvalue weighted by atomic mass is 10.0. The topological polar surface area (TPSA) is 73.5 Å². The molecule has 1 saturated carbocycles. The van der Waals surface area contributed by atoms with Crippen molar-refractivity contribution < 1.29 is 9.59 Å². The quantitative estimate of drug-likeness (QED) is 0.661. The van der Waals surface area contributed by atoms with Crippen LogP contribution in [-0.2, 0) is 4.79 Å². The summed E-state index contributed by atoms with van der Waals surface area (Å²) in [6.07, 6.45) is 5.71. The summed E-state index contributed by atoms with van der Waals surface area (Å²) in [5.74, 6) is -0.221. The molecule has 3 amide bonds. The number of nitrogens with one attached hydrogen (secondary N) is 3. The molecule has 6 heteroatoms. The Morgan fingerprint density at radius 3 is 2.65 bits per heavy atom. The predicted octanol–water partition coefficient (Wildman–Crippen LogP) is 0.439. The Morgan fingerprint density at radius 1 is 1.25 bits per heavy atom. The maximum atomic E-state index is 11.8. The summed E-state index contributed by atoms with van der Waals surface area (Å²) in [4.78, 5) is 25.4. The Balaban J connectivity index is 1.67. The van der Waals surface area contributed by atoms with Gasteiger partial charge in [0, 0.05) is 18.6 Å². The van der Waals surface area contributed by atoms with E-state index in [1.807, 2.05) is 6.92 Å². The highest BCUT2D eigenvalue weighted by Crippen LogP contribution is 2.18. The summed E-state index contributed by atoms with van der Waals surface area (Å²) in [7, 11) is 0. The summed E-state index contributed by atoms with van der Waals surface area (Å²) in [6.45, 7) is 5.08. The van der Waals surface area contributed by atoms with Crippen LogP contribution in [0.2, 0.25) is 0 Å². The van der Waals surface area contributed by atoms with Crippen LogP contribution in [-0.4, -0.2) is 55.1 Å². The van der Waals surface area contributed by atoms with Gasteiger partial charge in [-0.05, 0) is 38.8 Å². The smallest absolute Gasteiger partial charge is 0.321 e. The van der Waals surface area contributed by atoms with Crippen molar-refractivity contribution in [1.82, 2.24) is 20.9 Å². The molecule has 0 aromatic carbocycles. The van der Waals surface area contributed by atoms with E-state index in [1.54, 1.807) is 0 Å². The van der Waals surface area contributed by atoms with Gasteiger partial charge in [0.1, 0.15) is 0 Å². The monoisotopic (exact) mass is 282 g/mol. The summed E-state index contributed by atoms with van der Waals surface area (Å²) in [5.41, 5.74) is 0. The molecule has 114 valence electrons. The van der Waals surface area contributed by atoms with E-state index in [0.717, 1.165) is 32.5 Å². The highest BCUT2D eigenvalue weighted by molar-refractivity contribution is 5.95. The summed E-state index contributed by atoms with van der Waals surface area (Å²) in [6, 6.07) is 0.387. The molecule has 1 heterocycles. The number of carbonyl (C=O) groups excluding carboxylic acids is 2. The summed E-state index contributed by atoms with van der Waals surface area (Å²) >= 11 is 0. The SMILES string of the molecule is CCN(CC(=O)NC(=O)NC1CC1)CC1CCCCN1. The zero-order chi connectivity index (χ0) is 14.4. The van der Waals surface area contributed by atoms with Crippen LogP contribution in [0.25, 0.3) is 0 Å². The van der Waals surface area contributed by atoms with Crippen molar-refractivity contribution in [2.75, 3.05) is 26.2 Å². The molecule has 0 aromatic rings. The molecule has 0 spiro atoms. The van der Waals surface area contributed by atoms with Gasteiger partial charge >= 0.3 is 6.03 Å². The van der Waals surface area contributed by atoms with Crippen molar-refractivity contribution >= 4 is 11.9 Å². The van der Waals surface area contributed by atoms with E-state index in [9.17, 15) is 9.59 Å². The average Bonchev–Trinajstić information content (AvgIpc) is 3.22. The number of nitrogens with zero attached hydrogens (tertiary/aromatic N) is 1. The number of urea groups is 1. The molecule has 2 aliphatic rings. The third-order valence-electron chi connectivity index (χ3n) is 3.87. The van der Waals surface area contributed by atoms with E-state index in [0.29, 0.717) is 6.04 Å². The van der Waals surface area contributed by atoms with Gasteiger partial charge in [0.05, 0.1) is 6.54 Å². The number of hydrogen-bond donors (Lipinski definition) is 3. The van der Waals surface area contributed by atoms with Gasteiger partial charge < -0.3 is 10.6 Å². The standard InChI is InChI=1S/C14H26N4O2/c1-2-18(9-12-5-3-4-8-15-12)10-13(19)17-14(20)16-11-6-7-11/h11-12,15H,2-10H2,1H3,(H2,16,17,19,20). The molecule has 0 aromatic heterocycles. The van der Waals surface area contributed by atoms with E-state index in [2.05, 4.69) is 20.9 Å². The number of imide groups is 1. The largest absolute Gasteiger partial charge is 0.335 e. The fraction of sp³-hybridized carbons (Fsp3) is 0.857. The maximum Gasteiger partial charge on any atom is 0.321 e. The fourth-order valence-corrected chi connectivity index (χ4v) is 2.52. The second-order valence-electron chi connectivity index (χ2n) is 5.77. The van der Waals surface area contributed by atoms with Crippen LogP contribution >= 0.6 is 0 Å². The molecule has 2 rings (SSSR count). The Kier molecular flexibility index (Phi) is 5.79. The molecule has 0 radical (unpaired) electrons. The zero-order valence-electron chi connectivity index (χ0n) is 12.3. The van der Waals surface area contributed by atoms with Crippen molar-refractivity contribution in [3.8, 4) is 0 Å². The van der Waals surface area contributed by atoms with Crippen molar-refractivity contribution in [3.63, 3.8) is 0 Å². The van der Waals surface area contributed by atoms with Crippen LogP contribution in [0.4, 0.5) is 4.79 Å². The van der Waals surface area contributed by atoms with E-state index >= 15 is 0 Å². The van der Waals surface area contributed by atoms with Gasteiger partial charge in [-0.2, -0.15) is 0 Å². The second kappa shape index (κ2) is 7.59. The maximum absolute atomic E-state index is 11.8. The van der Waals surface area contributed by atoms with E-state index in [4.69, 9.17) is 0 Å². The van der Waals surface area contributed by atoms with Gasteiger partial charge in [-0.3, -0.25) is 15.0 Å². The number of hydrogen-bond acceptors (Lipinski definition) is 4. The molecule has 1 saturated heterocycles. The Morgan fingerprint density at radius 2 is 2.05 bits per heavy atom. The molecule has 1 aliphatic carbocycles. The van der Waals surface area contributed by atoms with Gasteiger partial charge in [0.2, 0.25) is 5.91 Å². The number of carbonyl (C=O) groups is 2. The van der Waals surface area contributed by atoms with E-state index in [-0.39, 0.29) is 24.5 Å². The number of amides is 3. The molecule has 1 unspecified atom stereocenters. The molecule has 1 atom stereocenters. The average molecular weight is 282 g/mol. The zero-order valence-corrected chi connectivity index (χ0v) is 12.3. The van der Waals surface area contributed by atoms with Crippen molar-refractivity contribution in [3.05, 3.63) is 0 Å². The first-order valence-electron chi connectivity index (χ1n) is 7.73. The molecule has 1 aliphatic heterocycles. The molecule has 20 heavy (non-hydrogen) atoms. The Hall–Kier alpha value is -1.14. The summed E-state index contributed by atoms with van der Waals surface area (Å²) < 4.78 is 0. The highest BCUT2D eigenvalue weighted by atomic mass is 16.2. The van der Waals surface area contributed by atoms with E-state index < -0.39 is 0 Å². The van der Waals surface area contributed by atoms with Gasteiger partial charge in [-0.1, -0.05) is 13.3 Å². The Labute approximate surface area is 120 Å². The van der Waals surface area contributed by atoms with Crippen LogP contribution in [0.1, 0.15) is 39.0 Å². The minimum atomic E-state index is -0.357. The lowest BCUT2D eigenvalue weighted by Crippen LogP contribution is -2.49. The van der Waals surface area contributed by atoms with Gasteiger partial charge in [0.15, 0.2) is 0 Å². The lowest BCUT2D eigenvalue weighted by molar-refractivity contribution is -0.121. The summed E-state index contributed by atoms with van der Waals surface area (Å²) in [5, 5.41) is 8.64. The first-order valence-corrected chi connectivity index (χ1v) is 7.73. The third-order valence-corrected chi connectivity index (χ3v) is 3.87. The number of piperidine rings is 1. The van der Waals surface area contributed by atoms with Gasteiger partial charge in [-0.15, -0.1) is 0 Å². The van der Waals surface area contributed by atoms with Crippen LogP contribution < -0.4 is 16.0 Å². The molecule has 2 fully saturated rings. The molecular weight excluding hydrogens is 256 g/mol. The molecular formula is C14H26N4O2. The number of rotatable bonds is 6. The lowest BCUT2D eigenvalue weighted by Gasteiger charge is -2.29. The van der Waals surface area contributed by atoms with Gasteiger partial charge in [-0.25, -0.2) is 4.79 Å². The number of likely N-dealkylation sites (N-methyl/N-ethyl adjacent to an activating group) is 1. The first-order chi connectivity index (χ1) is 9.67.